The molecule has 1 saturated carbocycles. The average Bonchev–Trinajstić information content (AvgIpc) is 3.21. The maximum absolute atomic E-state index is 10.2. The van der Waals surface area contributed by atoms with E-state index < -0.39 is 34.4 Å². The van der Waals surface area contributed by atoms with Crippen molar-refractivity contribution in [2.75, 3.05) is 13.2 Å². The summed E-state index contributed by atoms with van der Waals surface area (Å²) in [5.41, 5.74) is -3.51. The van der Waals surface area contributed by atoms with Crippen LogP contribution in [0.15, 0.2) is 0 Å². The summed E-state index contributed by atoms with van der Waals surface area (Å²) in [5, 5.41) is 38.9. The molecule has 4 atom stereocenters. The van der Waals surface area contributed by atoms with E-state index in [-0.39, 0.29) is 12.3 Å². The van der Waals surface area contributed by atoms with Crippen molar-refractivity contribution >= 4 is 5.90 Å². The summed E-state index contributed by atoms with van der Waals surface area (Å²) in [6.07, 6.45) is 2.46. The Kier molecular flexibility index (Phi) is 3.98. The Balaban J connectivity index is 1.86. The van der Waals surface area contributed by atoms with Gasteiger partial charge in [-0.15, -0.1) is 0 Å². The SMILES string of the molecule is CCCCC1OC23CCC4(CC2C(C#N)(C(=N)O3)C1(C#N)C#N)OCCO4. The Morgan fingerprint density at radius 1 is 1.11 bits per heavy atom. The molecule has 27 heavy (non-hydrogen) atoms. The first kappa shape index (κ1) is 18.2. The molecule has 0 radical (unpaired) electrons. The summed E-state index contributed by atoms with van der Waals surface area (Å²) in [7, 11) is 0. The molecular weight excluding hydrogens is 348 g/mol. The van der Waals surface area contributed by atoms with Gasteiger partial charge in [-0.1, -0.05) is 19.8 Å². The molecule has 2 bridgehead atoms. The van der Waals surface area contributed by atoms with E-state index >= 15 is 0 Å². The number of unbranched alkanes of at least 4 members (excludes halogenated alkanes) is 1. The number of hydrogen-bond donors (Lipinski definition) is 1. The lowest BCUT2D eigenvalue weighted by Gasteiger charge is -2.54. The first-order valence-corrected chi connectivity index (χ1v) is 9.45. The molecule has 4 rings (SSSR count). The number of rotatable bonds is 3. The van der Waals surface area contributed by atoms with E-state index in [0.29, 0.717) is 32.5 Å². The minimum Gasteiger partial charge on any atom is -0.447 e. The van der Waals surface area contributed by atoms with E-state index in [1.807, 2.05) is 6.92 Å². The fraction of sp³-hybridized carbons (Fsp3) is 0.789. The normalized spacial score (nSPS) is 40.4. The molecule has 3 heterocycles. The zero-order valence-electron chi connectivity index (χ0n) is 15.3. The highest BCUT2D eigenvalue weighted by molar-refractivity contribution is 5.89. The zero-order valence-corrected chi connectivity index (χ0v) is 15.3. The number of nitrogens with zero attached hydrogens (tertiary/aromatic N) is 3. The van der Waals surface area contributed by atoms with E-state index in [0.717, 1.165) is 12.8 Å². The van der Waals surface area contributed by atoms with Crippen molar-refractivity contribution in [2.24, 2.45) is 16.7 Å². The third-order valence-electron chi connectivity index (χ3n) is 6.67. The van der Waals surface area contributed by atoms with Crippen LogP contribution in [0.3, 0.4) is 0 Å². The highest BCUT2D eigenvalue weighted by atomic mass is 16.7. The van der Waals surface area contributed by atoms with Crippen LogP contribution in [-0.4, -0.2) is 36.8 Å². The first-order chi connectivity index (χ1) is 13.0. The Labute approximate surface area is 158 Å². The summed E-state index contributed by atoms with van der Waals surface area (Å²) in [6.45, 7) is 2.93. The van der Waals surface area contributed by atoms with Crippen LogP contribution < -0.4 is 0 Å². The van der Waals surface area contributed by atoms with Crippen LogP contribution in [0.2, 0.25) is 0 Å². The predicted molar refractivity (Wildman–Crippen MR) is 89.6 cm³/mol. The third kappa shape index (κ3) is 2.03. The molecule has 4 fully saturated rings. The minimum atomic E-state index is -1.81. The van der Waals surface area contributed by atoms with E-state index in [9.17, 15) is 15.8 Å². The van der Waals surface area contributed by atoms with Gasteiger partial charge in [0.15, 0.2) is 16.6 Å². The fourth-order valence-electron chi connectivity index (χ4n) is 5.31. The van der Waals surface area contributed by atoms with Crippen molar-refractivity contribution in [3.63, 3.8) is 0 Å². The summed E-state index contributed by atoms with van der Waals surface area (Å²) < 4.78 is 23.8. The first-order valence-electron chi connectivity index (χ1n) is 9.45. The Morgan fingerprint density at radius 3 is 2.41 bits per heavy atom. The molecule has 1 aliphatic carbocycles. The molecule has 0 amide bonds. The Morgan fingerprint density at radius 2 is 1.81 bits per heavy atom. The molecule has 4 unspecified atom stereocenters. The molecule has 3 saturated heterocycles. The maximum Gasteiger partial charge on any atom is 0.217 e. The summed E-state index contributed by atoms with van der Waals surface area (Å²) >= 11 is 0. The van der Waals surface area contributed by atoms with Gasteiger partial charge in [-0.3, -0.25) is 5.41 Å². The number of nitriles is 3. The van der Waals surface area contributed by atoms with Crippen molar-refractivity contribution < 1.29 is 18.9 Å². The van der Waals surface area contributed by atoms with Gasteiger partial charge in [0.05, 0.1) is 43.4 Å². The van der Waals surface area contributed by atoms with Gasteiger partial charge < -0.3 is 18.9 Å². The predicted octanol–water partition coefficient (Wildman–Crippen LogP) is 2.37. The van der Waals surface area contributed by atoms with Crippen LogP contribution in [0.25, 0.3) is 0 Å². The smallest absolute Gasteiger partial charge is 0.217 e. The van der Waals surface area contributed by atoms with Crippen molar-refractivity contribution in [3.05, 3.63) is 0 Å². The van der Waals surface area contributed by atoms with E-state index in [4.69, 9.17) is 24.4 Å². The monoisotopic (exact) mass is 370 g/mol. The van der Waals surface area contributed by atoms with Crippen molar-refractivity contribution in [2.45, 2.75) is 63.1 Å². The summed E-state index contributed by atoms with van der Waals surface area (Å²) in [5.74, 6) is -3.05. The lowest BCUT2D eigenvalue weighted by molar-refractivity contribution is -0.329. The highest BCUT2D eigenvalue weighted by Crippen LogP contribution is 2.68. The highest BCUT2D eigenvalue weighted by Gasteiger charge is 2.81. The lowest BCUT2D eigenvalue weighted by Crippen LogP contribution is -2.65. The van der Waals surface area contributed by atoms with Crippen LogP contribution in [-0.2, 0) is 18.9 Å². The zero-order chi connectivity index (χ0) is 19.3. The molecule has 8 nitrogen and oxygen atoms in total. The van der Waals surface area contributed by atoms with E-state index in [1.165, 1.54) is 0 Å². The molecule has 142 valence electrons. The topological polar surface area (TPSA) is 132 Å². The Bertz CT molecular complexity index is 773. The lowest BCUT2D eigenvalue weighted by atomic mass is 9.51. The van der Waals surface area contributed by atoms with Gasteiger partial charge in [0.1, 0.15) is 0 Å². The average molecular weight is 370 g/mol. The van der Waals surface area contributed by atoms with Crippen LogP contribution >= 0.6 is 0 Å². The van der Waals surface area contributed by atoms with Gasteiger partial charge in [0, 0.05) is 19.3 Å². The molecule has 0 aromatic carbocycles. The molecule has 8 heteroatoms. The number of nitrogens with one attached hydrogen (secondary N) is 1. The van der Waals surface area contributed by atoms with Crippen LogP contribution in [0, 0.1) is 56.2 Å². The van der Waals surface area contributed by atoms with Crippen molar-refractivity contribution in [3.8, 4) is 18.2 Å². The molecule has 1 spiro atoms. The number of hydrogen-bond acceptors (Lipinski definition) is 8. The van der Waals surface area contributed by atoms with Crippen molar-refractivity contribution in [1.29, 1.82) is 21.2 Å². The standard InChI is InChI=1S/C19H22N4O4/c1-2-3-4-14-16(10-20,11-21)18(12-22)13-9-17(24-7-8-25-17)5-6-19(13,26-14)27-15(18)23/h13-14,23H,2-9H2,1H3. The second kappa shape index (κ2) is 5.91. The maximum atomic E-state index is 10.2. The molecule has 0 aromatic heterocycles. The van der Waals surface area contributed by atoms with E-state index in [1.54, 1.807) is 0 Å². The molecule has 1 N–H and O–H groups in total. The van der Waals surface area contributed by atoms with Crippen LogP contribution in [0.1, 0.15) is 45.4 Å². The van der Waals surface area contributed by atoms with Gasteiger partial charge in [0.25, 0.3) is 0 Å². The van der Waals surface area contributed by atoms with Gasteiger partial charge in [-0.2, -0.15) is 15.8 Å². The quantitative estimate of drug-likeness (QED) is 0.806. The molecule has 4 aliphatic rings. The van der Waals surface area contributed by atoms with Gasteiger partial charge >= 0.3 is 0 Å². The van der Waals surface area contributed by atoms with Gasteiger partial charge in [-0.25, -0.2) is 0 Å². The second-order valence-electron chi connectivity index (χ2n) is 7.81. The fourth-order valence-corrected chi connectivity index (χ4v) is 5.31. The van der Waals surface area contributed by atoms with Gasteiger partial charge in [0.2, 0.25) is 11.7 Å². The minimum absolute atomic E-state index is 0.258. The van der Waals surface area contributed by atoms with Gasteiger partial charge in [-0.05, 0) is 6.42 Å². The third-order valence-corrected chi connectivity index (χ3v) is 6.67. The summed E-state index contributed by atoms with van der Waals surface area (Å²) in [6, 6.07) is 6.32. The van der Waals surface area contributed by atoms with Crippen LogP contribution in [0.4, 0.5) is 0 Å². The second-order valence-corrected chi connectivity index (χ2v) is 7.81. The molecule has 0 aromatic rings. The van der Waals surface area contributed by atoms with Crippen molar-refractivity contribution in [1.82, 2.24) is 0 Å². The Hall–Kier alpha value is -2.18. The number of ether oxygens (including phenoxy) is 4. The van der Waals surface area contributed by atoms with E-state index in [2.05, 4.69) is 18.2 Å². The molecule has 3 aliphatic heterocycles. The molecular formula is C19H22N4O4. The largest absolute Gasteiger partial charge is 0.447 e. The van der Waals surface area contributed by atoms with Crippen LogP contribution in [0.5, 0.6) is 0 Å². The summed E-state index contributed by atoms with van der Waals surface area (Å²) in [4.78, 5) is 0.